The predicted molar refractivity (Wildman–Crippen MR) is 73.9 cm³/mol. The Morgan fingerprint density at radius 1 is 1.16 bits per heavy atom. The van der Waals surface area contributed by atoms with Gasteiger partial charge in [0.05, 0.1) is 12.5 Å². The fourth-order valence-electron chi connectivity index (χ4n) is 1.49. The van der Waals surface area contributed by atoms with Crippen molar-refractivity contribution in [3.63, 3.8) is 0 Å². The number of hydrogen-bond donors (Lipinski definition) is 1. The molecular formula is C14H27NO4. The summed E-state index contributed by atoms with van der Waals surface area (Å²) in [5, 5.41) is 2.62. The van der Waals surface area contributed by atoms with Crippen LogP contribution in [0, 0.1) is 5.92 Å². The molecule has 1 N–H and O–H groups in total. The summed E-state index contributed by atoms with van der Waals surface area (Å²) in [5.41, 5.74) is -0.494. The van der Waals surface area contributed by atoms with Gasteiger partial charge in [-0.15, -0.1) is 0 Å². The summed E-state index contributed by atoms with van der Waals surface area (Å²) in [6, 6.07) is 0. The molecule has 0 aromatic carbocycles. The predicted octanol–water partition coefficient (Wildman–Crippen LogP) is 2.88. The van der Waals surface area contributed by atoms with Crippen molar-refractivity contribution in [1.82, 2.24) is 5.32 Å². The largest absolute Gasteiger partial charge is 0.465 e. The molecular weight excluding hydrogens is 246 g/mol. The van der Waals surface area contributed by atoms with Gasteiger partial charge in [-0.1, -0.05) is 13.8 Å². The zero-order valence-corrected chi connectivity index (χ0v) is 12.7. The van der Waals surface area contributed by atoms with Gasteiger partial charge in [0.15, 0.2) is 0 Å². The third-order valence-corrected chi connectivity index (χ3v) is 2.55. The highest BCUT2D eigenvalue weighted by molar-refractivity contribution is 5.72. The molecule has 0 saturated carbocycles. The van der Waals surface area contributed by atoms with Crippen LogP contribution in [0.5, 0.6) is 0 Å². The quantitative estimate of drug-likeness (QED) is 0.572. The highest BCUT2D eigenvalue weighted by Crippen LogP contribution is 2.09. The third kappa shape index (κ3) is 9.33. The number of amides is 1. The molecule has 0 aliphatic heterocycles. The first-order valence-electron chi connectivity index (χ1n) is 6.93. The van der Waals surface area contributed by atoms with Crippen LogP contribution in [0.25, 0.3) is 0 Å². The second kappa shape index (κ2) is 8.77. The molecule has 112 valence electrons. The van der Waals surface area contributed by atoms with E-state index in [9.17, 15) is 9.59 Å². The molecule has 0 radical (unpaired) electrons. The molecule has 0 aromatic heterocycles. The number of carbonyl (C=O) groups is 2. The van der Waals surface area contributed by atoms with Crippen molar-refractivity contribution in [1.29, 1.82) is 0 Å². The van der Waals surface area contributed by atoms with Crippen LogP contribution >= 0.6 is 0 Å². The zero-order chi connectivity index (χ0) is 14.9. The number of rotatable bonds is 7. The first-order chi connectivity index (χ1) is 8.80. The monoisotopic (exact) mass is 273 g/mol. The van der Waals surface area contributed by atoms with Crippen molar-refractivity contribution in [2.45, 2.75) is 59.5 Å². The molecule has 0 atom stereocenters. The Kier molecular flexibility index (Phi) is 8.19. The highest BCUT2D eigenvalue weighted by Gasteiger charge is 2.16. The summed E-state index contributed by atoms with van der Waals surface area (Å²) in [6.07, 6.45) is 1.74. The molecule has 0 aliphatic rings. The summed E-state index contributed by atoms with van der Waals surface area (Å²) in [5.74, 6) is -0.166. The number of alkyl carbamates (subject to hydrolysis) is 1. The van der Waals surface area contributed by atoms with E-state index in [1.807, 2.05) is 34.6 Å². The van der Waals surface area contributed by atoms with E-state index < -0.39 is 11.7 Å². The SMILES string of the molecule is CCC(CC)C(=O)OCCCNC(=O)OC(C)(C)C. The average Bonchev–Trinajstić information content (AvgIpc) is 2.27. The van der Waals surface area contributed by atoms with Gasteiger partial charge in [-0.25, -0.2) is 4.79 Å². The maximum Gasteiger partial charge on any atom is 0.407 e. The van der Waals surface area contributed by atoms with Crippen LogP contribution in [-0.4, -0.2) is 30.8 Å². The number of ether oxygens (including phenoxy) is 2. The summed E-state index contributed by atoms with van der Waals surface area (Å²) in [4.78, 5) is 22.9. The molecule has 0 aromatic rings. The van der Waals surface area contributed by atoms with E-state index in [0.29, 0.717) is 19.6 Å². The Morgan fingerprint density at radius 3 is 2.21 bits per heavy atom. The molecule has 0 spiro atoms. The van der Waals surface area contributed by atoms with E-state index >= 15 is 0 Å². The molecule has 0 unspecified atom stereocenters. The molecule has 5 nitrogen and oxygen atoms in total. The van der Waals surface area contributed by atoms with E-state index in [0.717, 1.165) is 12.8 Å². The Hall–Kier alpha value is -1.26. The van der Waals surface area contributed by atoms with Crippen LogP contribution in [0.15, 0.2) is 0 Å². The number of carbonyl (C=O) groups excluding carboxylic acids is 2. The Morgan fingerprint density at radius 2 is 1.74 bits per heavy atom. The lowest BCUT2D eigenvalue weighted by molar-refractivity contribution is -0.148. The number of nitrogens with one attached hydrogen (secondary N) is 1. The fourth-order valence-corrected chi connectivity index (χ4v) is 1.49. The van der Waals surface area contributed by atoms with E-state index in [1.54, 1.807) is 0 Å². The lowest BCUT2D eigenvalue weighted by Crippen LogP contribution is -2.33. The molecule has 5 heteroatoms. The average molecular weight is 273 g/mol. The lowest BCUT2D eigenvalue weighted by atomic mass is 10.0. The molecule has 1 amide bonds. The Labute approximate surface area is 116 Å². The smallest absolute Gasteiger partial charge is 0.407 e. The first-order valence-corrected chi connectivity index (χ1v) is 6.93. The number of esters is 1. The van der Waals surface area contributed by atoms with Gasteiger partial charge < -0.3 is 14.8 Å². The van der Waals surface area contributed by atoms with Gasteiger partial charge in [0, 0.05) is 6.54 Å². The molecule has 0 heterocycles. The van der Waals surface area contributed by atoms with Crippen molar-refractivity contribution < 1.29 is 19.1 Å². The van der Waals surface area contributed by atoms with Gasteiger partial charge in [0.2, 0.25) is 0 Å². The molecule has 19 heavy (non-hydrogen) atoms. The minimum atomic E-state index is -0.494. The molecule has 0 saturated heterocycles. The third-order valence-electron chi connectivity index (χ3n) is 2.55. The topological polar surface area (TPSA) is 64.6 Å². The standard InChI is InChI=1S/C14H27NO4/c1-6-11(7-2)12(16)18-10-8-9-15-13(17)19-14(3,4)5/h11H,6-10H2,1-5H3,(H,15,17). The van der Waals surface area contributed by atoms with Gasteiger partial charge in [0.1, 0.15) is 5.60 Å². The van der Waals surface area contributed by atoms with E-state index in [1.165, 1.54) is 0 Å². The molecule has 0 rings (SSSR count). The van der Waals surface area contributed by atoms with Crippen LogP contribution < -0.4 is 5.32 Å². The van der Waals surface area contributed by atoms with E-state index in [4.69, 9.17) is 9.47 Å². The Balaban J connectivity index is 3.66. The summed E-state index contributed by atoms with van der Waals surface area (Å²) < 4.78 is 10.2. The van der Waals surface area contributed by atoms with Crippen molar-refractivity contribution in [3.05, 3.63) is 0 Å². The normalized spacial score (nSPS) is 11.3. The summed E-state index contributed by atoms with van der Waals surface area (Å²) in [6.45, 7) is 10.1. The highest BCUT2D eigenvalue weighted by atomic mass is 16.6. The van der Waals surface area contributed by atoms with Crippen molar-refractivity contribution in [2.75, 3.05) is 13.2 Å². The van der Waals surface area contributed by atoms with Crippen molar-refractivity contribution in [3.8, 4) is 0 Å². The van der Waals surface area contributed by atoms with Crippen molar-refractivity contribution in [2.24, 2.45) is 5.92 Å². The maximum atomic E-state index is 11.6. The van der Waals surface area contributed by atoms with Crippen molar-refractivity contribution >= 4 is 12.1 Å². The van der Waals surface area contributed by atoms with Crippen LogP contribution in [0.3, 0.4) is 0 Å². The summed E-state index contributed by atoms with van der Waals surface area (Å²) >= 11 is 0. The van der Waals surface area contributed by atoms with E-state index in [-0.39, 0.29) is 11.9 Å². The minimum absolute atomic E-state index is 0.0150. The van der Waals surface area contributed by atoms with E-state index in [2.05, 4.69) is 5.32 Å². The molecule has 0 aliphatic carbocycles. The van der Waals surface area contributed by atoms with Crippen LogP contribution in [0.1, 0.15) is 53.9 Å². The number of hydrogen-bond acceptors (Lipinski definition) is 4. The van der Waals surface area contributed by atoms with Gasteiger partial charge in [0.25, 0.3) is 0 Å². The van der Waals surface area contributed by atoms with Gasteiger partial charge in [-0.2, -0.15) is 0 Å². The molecule has 0 bridgehead atoms. The zero-order valence-electron chi connectivity index (χ0n) is 12.7. The van der Waals surface area contributed by atoms with Gasteiger partial charge in [-0.3, -0.25) is 4.79 Å². The maximum absolute atomic E-state index is 11.6. The lowest BCUT2D eigenvalue weighted by Gasteiger charge is -2.19. The first kappa shape index (κ1) is 17.7. The fraction of sp³-hybridized carbons (Fsp3) is 0.857. The second-order valence-corrected chi connectivity index (χ2v) is 5.46. The van der Waals surface area contributed by atoms with Crippen LogP contribution in [0.2, 0.25) is 0 Å². The minimum Gasteiger partial charge on any atom is -0.465 e. The Bertz CT molecular complexity index is 280. The van der Waals surface area contributed by atoms with Gasteiger partial charge in [-0.05, 0) is 40.0 Å². The second-order valence-electron chi connectivity index (χ2n) is 5.46. The summed E-state index contributed by atoms with van der Waals surface area (Å²) in [7, 11) is 0. The van der Waals surface area contributed by atoms with Crippen LogP contribution in [-0.2, 0) is 14.3 Å². The molecule has 0 fully saturated rings. The van der Waals surface area contributed by atoms with Gasteiger partial charge >= 0.3 is 12.1 Å². The van der Waals surface area contributed by atoms with Crippen LogP contribution in [0.4, 0.5) is 4.79 Å².